The molecule has 0 rings (SSSR count). The van der Waals surface area contributed by atoms with Gasteiger partial charge in [-0.05, 0) is 4.62 Å². The molecule has 7 heavy (non-hydrogen) atoms. The summed E-state index contributed by atoms with van der Waals surface area (Å²) in [5, 5.41) is 0. The van der Waals surface area contributed by atoms with Gasteiger partial charge in [0.2, 0.25) is 0 Å². The molecule has 0 saturated carbocycles. The third-order valence-electron chi connectivity index (χ3n) is 0.252. The van der Waals surface area contributed by atoms with Crippen molar-refractivity contribution in [3.05, 3.63) is 0 Å². The lowest BCUT2D eigenvalue weighted by Gasteiger charge is -1.76. The Hall–Kier alpha value is 0.0449. The molecule has 0 heterocycles. The first-order valence-electron chi connectivity index (χ1n) is 1.49. The predicted molar refractivity (Wildman–Crippen MR) is 24.6 cm³/mol. The van der Waals surface area contributed by atoms with Gasteiger partial charge in [0.1, 0.15) is 0 Å². The number of hydrogen-bond donors (Lipinski definition) is 1. The minimum atomic E-state index is -2.16. The molecule has 0 amide bonds. The lowest BCUT2D eigenvalue weighted by atomic mass is 10.6. The van der Waals surface area contributed by atoms with E-state index in [1.54, 1.807) is 0 Å². The third kappa shape index (κ3) is 3.89. The van der Waals surface area contributed by atoms with Gasteiger partial charge in [0.05, 0.1) is 0 Å². The molecule has 4 nitrogen and oxygen atoms in total. The molecule has 0 aromatic rings. The van der Waals surface area contributed by atoms with Gasteiger partial charge in [-0.2, -0.15) is 5.48 Å². The molecule has 0 bridgehead atoms. The molecular weight excluding hydrogens is 116 g/mol. The van der Waals surface area contributed by atoms with Crippen molar-refractivity contribution >= 4 is 16.3 Å². The highest BCUT2D eigenvalue weighted by Gasteiger charge is 2.13. The Morgan fingerprint density at radius 1 is 1.86 bits per heavy atom. The minimum absolute atomic E-state index is 1.45. The molecule has 6 heteroatoms. The molecule has 0 aliphatic rings. The zero-order valence-electron chi connectivity index (χ0n) is 3.75. The Kier molecular flexibility index (Phi) is 4.24. The zero-order chi connectivity index (χ0) is 5.70. The molecule has 0 aromatic heterocycles. The summed E-state index contributed by atoms with van der Waals surface area (Å²) in [6.45, 7) is 0. The van der Waals surface area contributed by atoms with E-state index < -0.39 is 8.25 Å². The molecule has 2 radical (unpaired) electrons. The average molecular weight is 120 g/mol. The SMILES string of the molecule is [B]O[P+](=O)ONC. The number of nitrogens with one attached hydrogen (secondary N) is 1. The minimum Gasteiger partial charge on any atom is -0.205 e. The maximum absolute atomic E-state index is 9.93. The maximum atomic E-state index is 9.93. The van der Waals surface area contributed by atoms with Gasteiger partial charge in [0.15, 0.2) is 0 Å². The van der Waals surface area contributed by atoms with E-state index in [0.29, 0.717) is 0 Å². The van der Waals surface area contributed by atoms with Gasteiger partial charge in [0.25, 0.3) is 0 Å². The first kappa shape index (κ1) is 7.04. The first-order chi connectivity index (χ1) is 3.31. The molecule has 0 aliphatic heterocycles. The molecule has 0 aliphatic carbocycles. The van der Waals surface area contributed by atoms with Gasteiger partial charge in [-0.1, -0.05) is 0 Å². The van der Waals surface area contributed by atoms with Crippen LogP contribution in [0.25, 0.3) is 0 Å². The molecule has 38 valence electrons. The fraction of sp³-hybridized carbons (Fsp3) is 1.00. The second kappa shape index (κ2) is 4.21. The van der Waals surface area contributed by atoms with Crippen LogP contribution in [0.15, 0.2) is 0 Å². The zero-order valence-corrected chi connectivity index (χ0v) is 4.64. The van der Waals surface area contributed by atoms with Crippen LogP contribution < -0.4 is 5.48 Å². The summed E-state index contributed by atoms with van der Waals surface area (Å²) in [6.07, 6.45) is 0. The van der Waals surface area contributed by atoms with E-state index >= 15 is 0 Å². The largest absolute Gasteiger partial charge is 0.698 e. The molecule has 0 saturated heterocycles. The lowest BCUT2D eigenvalue weighted by Crippen LogP contribution is -1.99. The van der Waals surface area contributed by atoms with Crippen LogP contribution in [0.4, 0.5) is 0 Å². The summed E-state index contributed by atoms with van der Waals surface area (Å²) < 4.78 is 17.7. The van der Waals surface area contributed by atoms with Crippen LogP contribution >= 0.6 is 8.25 Å². The Labute approximate surface area is 43.5 Å². The molecule has 0 spiro atoms. The molecule has 1 N–H and O–H groups in total. The van der Waals surface area contributed by atoms with Crippen molar-refractivity contribution in [1.82, 2.24) is 5.48 Å². The average Bonchev–Trinajstić information content (AvgIpc) is 1.68. The number of hydroxylamine groups is 1. The standard InChI is InChI=1S/CH4BNO3P/c1-3-6-7(4)5-2/h3H,1H3/q+1. The molecule has 1 atom stereocenters. The third-order valence-corrected chi connectivity index (χ3v) is 0.756. The smallest absolute Gasteiger partial charge is 0.205 e. The van der Waals surface area contributed by atoms with Crippen LogP contribution in [-0.2, 0) is 13.6 Å². The predicted octanol–water partition coefficient (Wildman–Crippen LogP) is -0.105. The fourth-order valence-electron chi connectivity index (χ4n) is 0.0961. The topological polar surface area (TPSA) is 47.6 Å². The molecule has 0 aromatic carbocycles. The summed E-state index contributed by atoms with van der Waals surface area (Å²) in [5.74, 6) is 0. The summed E-state index contributed by atoms with van der Waals surface area (Å²) >= 11 is 0. The Balaban J connectivity index is 3.00. The van der Waals surface area contributed by atoms with Crippen LogP contribution in [0, 0.1) is 0 Å². The van der Waals surface area contributed by atoms with Gasteiger partial charge in [-0.3, -0.25) is 0 Å². The summed E-state index contributed by atoms with van der Waals surface area (Å²) in [4.78, 5) is 0. The van der Waals surface area contributed by atoms with Gasteiger partial charge in [-0.25, -0.2) is 4.44 Å². The highest BCUT2D eigenvalue weighted by atomic mass is 31.1. The van der Waals surface area contributed by atoms with E-state index in [2.05, 4.69) is 22.6 Å². The van der Waals surface area contributed by atoms with E-state index in [-0.39, 0.29) is 0 Å². The van der Waals surface area contributed by atoms with Gasteiger partial charge in [0, 0.05) is 11.6 Å². The molecular formula is CH4BNO3P+. The van der Waals surface area contributed by atoms with Crippen molar-refractivity contribution in [2.24, 2.45) is 0 Å². The monoisotopic (exact) mass is 120 g/mol. The quantitative estimate of drug-likeness (QED) is 0.320. The van der Waals surface area contributed by atoms with Gasteiger partial charge >= 0.3 is 16.3 Å². The van der Waals surface area contributed by atoms with Crippen LogP contribution in [0.5, 0.6) is 0 Å². The van der Waals surface area contributed by atoms with Crippen molar-refractivity contribution in [2.75, 3.05) is 7.05 Å². The van der Waals surface area contributed by atoms with Crippen molar-refractivity contribution in [3.8, 4) is 0 Å². The van der Waals surface area contributed by atoms with E-state index in [0.717, 1.165) is 0 Å². The van der Waals surface area contributed by atoms with E-state index in [9.17, 15) is 4.57 Å². The highest BCUT2D eigenvalue weighted by Crippen LogP contribution is 2.17. The van der Waals surface area contributed by atoms with Crippen LogP contribution in [0.2, 0.25) is 0 Å². The number of hydrogen-bond acceptors (Lipinski definition) is 4. The fourth-order valence-corrected chi connectivity index (χ4v) is 0.288. The Bertz CT molecular complexity index is 68.0. The van der Waals surface area contributed by atoms with E-state index in [1.165, 1.54) is 7.05 Å². The first-order valence-corrected chi connectivity index (χ1v) is 2.58. The number of rotatable bonds is 3. The van der Waals surface area contributed by atoms with Crippen LogP contribution in [0.3, 0.4) is 0 Å². The van der Waals surface area contributed by atoms with Gasteiger partial charge in [-0.15, -0.1) is 0 Å². The van der Waals surface area contributed by atoms with Crippen LogP contribution in [0.1, 0.15) is 0 Å². The summed E-state index contributed by atoms with van der Waals surface area (Å²) in [5.41, 5.74) is 2.13. The van der Waals surface area contributed by atoms with Crippen molar-refractivity contribution in [3.63, 3.8) is 0 Å². The second-order valence-corrected chi connectivity index (χ2v) is 1.47. The van der Waals surface area contributed by atoms with Crippen molar-refractivity contribution < 1.29 is 13.6 Å². The second-order valence-electron chi connectivity index (χ2n) is 0.624. The van der Waals surface area contributed by atoms with Crippen molar-refractivity contribution in [2.45, 2.75) is 0 Å². The molecule has 1 unspecified atom stereocenters. The molecule has 0 fully saturated rings. The van der Waals surface area contributed by atoms with Crippen molar-refractivity contribution in [1.29, 1.82) is 0 Å². The highest BCUT2D eigenvalue weighted by molar-refractivity contribution is 7.34. The summed E-state index contributed by atoms with van der Waals surface area (Å²) in [7, 11) is 3.70. The maximum Gasteiger partial charge on any atom is 0.698 e. The Morgan fingerprint density at radius 2 is 2.43 bits per heavy atom. The van der Waals surface area contributed by atoms with E-state index in [1.807, 2.05) is 0 Å². The van der Waals surface area contributed by atoms with Gasteiger partial charge < -0.3 is 0 Å². The Morgan fingerprint density at radius 3 is 2.57 bits per heavy atom. The van der Waals surface area contributed by atoms with E-state index in [4.69, 9.17) is 0 Å². The normalized spacial score (nSPS) is 11.3. The van der Waals surface area contributed by atoms with Crippen LogP contribution in [-0.4, -0.2) is 15.1 Å². The lowest BCUT2D eigenvalue weighted by molar-refractivity contribution is 0.212. The summed E-state index contributed by atoms with van der Waals surface area (Å²) in [6, 6.07) is 0.